The van der Waals surface area contributed by atoms with Gasteiger partial charge in [0, 0.05) is 19.2 Å². The molecule has 1 aliphatic rings. The summed E-state index contributed by atoms with van der Waals surface area (Å²) in [6.45, 7) is 7.51. The number of imidazole rings is 1. The topological polar surface area (TPSA) is 212 Å². The molecule has 0 spiro atoms. The van der Waals surface area contributed by atoms with Gasteiger partial charge in [0.2, 0.25) is 5.95 Å². The SMILES string of the molecule is COc1ccc(C(OC[C@H]2O[C@@H](n3cnc4c(NC(=O)COc5ccccc5)nc(NC(=O)COc5ccccc5)nc43)[C@H](OC)[C@@H]2OP(OCCC#N)N(C(C)C)C(C)C)(c2ccccc2)c2ccc(OC)cc2)cc1. The number of ether oxygens (including phenoxy) is 7. The van der Waals surface area contributed by atoms with Crippen LogP contribution in [0.1, 0.15) is 57.0 Å². The highest BCUT2D eigenvalue weighted by Crippen LogP contribution is 2.51. The number of hydrogen-bond donors (Lipinski definition) is 2. The van der Waals surface area contributed by atoms with Gasteiger partial charge in [-0.15, -0.1) is 0 Å². The molecule has 2 N–H and O–H groups in total. The van der Waals surface area contributed by atoms with Crippen molar-refractivity contribution < 1.29 is 51.8 Å². The second kappa shape index (κ2) is 26.5. The second-order valence-electron chi connectivity index (χ2n) is 18.2. The number of para-hydroxylation sites is 2. The molecule has 1 saturated heterocycles. The van der Waals surface area contributed by atoms with Gasteiger partial charge in [-0.1, -0.05) is 91.0 Å². The van der Waals surface area contributed by atoms with E-state index in [0.29, 0.717) is 23.0 Å². The fraction of sp³-hybridized carbons (Fsp3) is 0.333. The minimum Gasteiger partial charge on any atom is -0.497 e. The molecule has 402 valence electrons. The molecular weight excluding hydrogens is 1000 g/mol. The van der Waals surface area contributed by atoms with Crippen LogP contribution in [0.3, 0.4) is 0 Å². The molecule has 5 aromatic carbocycles. The lowest BCUT2D eigenvalue weighted by Crippen LogP contribution is -2.42. The van der Waals surface area contributed by atoms with Crippen LogP contribution in [0, 0.1) is 11.3 Å². The second-order valence-corrected chi connectivity index (χ2v) is 19.6. The molecule has 1 fully saturated rings. The average molecular weight is 1070 g/mol. The minimum absolute atomic E-state index is 0.0140. The monoisotopic (exact) mass is 1070 g/mol. The first-order valence-corrected chi connectivity index (χ1v) is 26.2. The number of rotatable bonds is 26. The molecule has 7 aromatic rings. The number of methoxy groups -OCH3 is 3. The fourth-order valence-electron chi connectivity index (χ4n) is 9.03. The Morgan fingerprint density at radius 2 is 1.25 bits per heavy atom. The summed E-state index contributed by atoms with van der Waals surface area (Å²) in [7, 11) is 2.91. The van der Waals surface area contributed by atoms with Crippen molar-refractivity contribution in [3.05, 3.63) is 163 Å². The third-order valence-corrected chi connectivity index (χ3v) is 14.6. The maximum Gasteiger partial charge on any atom is 0.264 e. The fourth-order valence-corrected chi connectivity index (χ4v) is 10.8. The molecular formula is C57H63N8O11P. The summed E-state index contributed by atoms with van der Waals surface area (Å²) in [6.07, 6.45) is -2.14. The Labute approximate surface area is 449 Å². The number of fused-ring (bicyclic) bond motifs is 1. The highest BCUT2D eigenvalue weighted by atomic mass is 31.2. The molecule has 3 heterocycles. The zero-order chi connectivity index (χ0) is 54.3. The summed E-state index contributed by atoms with van der Waals surface area (Å²) in [6, 6.07) is 45.2. The lowest BCUT2D eigenvalue weighted by atomic mass is 9.80. The van der Waals surface area contributed by atoms with Crippen LogP contribution >= 0.6 is 8.53 Å². The smallest absolute Gasteiger partial charge is 0.264 e. The summed E-state index contributed by atoms with van der Waals surface area (Å²) in [5.74, 6) is 1.01. The summed E-state index contributed by atoms with van der Waals surface area (Å²) >= 11 is 0. The van der Waals surface area contributed by atoms with Crippen LogP contribution in [0.4, 0.5) is 11.8 Å². The van der Waals surface area contributed by atoms with Crippen molar-refractivity contribution in [1.29, 1.82) is 5.26 Å². The Bertz CT molecular complexity index is 2980. The first kappa shape index (κ1) is 55.7. The normalized spacial score (nSPS) is 16.8. The number of hydrogen-bond acceptors (Lipinski definition) is 16. The number of aromatic nitrogens is 4. The van der Waals surface area contributed by atoms with E-state index < -0.39 is 50.5 Å². The van der Waals surface area contributed by atoms with Gasteiger partial charge in [0.25, 0.3) is 20.3 Å². The molecule has 77 heavy (non-hydrogen) atoms. The van der Waals surface area contributed by atoms with Crippen LogP contribution in [-0.4, -0.2) is 114 Å². The van der Waals surface area contributed by atoms with Crippen molar-refractivity contribution in [2.75, 3.05) is 58.4 Å². The summed E-state index contributed by atoms with van der Waals surface area (Å²) < 4.78 is 61.2. The number of benzene rings is 5. The molecule has 0 saturated carbocycles. The maximum absolute atomic E-state index is 13.6. The largest absolute Gasteiger partial charge is 0.497 e. The van der Waals surface area contributed by atoms with Crippen LogP contribution in [0.15, 0.2) is 146 Å². The van der Waals surface area contributed by atoms with Gasteiger partial charge in [-0.05, 0) is 92.9 Å². The molecule has 19 nitrogen and oxygen atoms in total. The van der Waals surface area contributed by atoms with Crippen molar-refractivity contribution >= 4 is 43.3 Å². The summed E-state index contributed by atoms with van der Waals surface area (Å²) in [5.41, 5.74) is 1.49. The van der Waals surface area contributed by atoms with Crippen LogP contribution in [0.2, 0.25) is 0 Å². The third kappa shape index (κ3) is 13.4. The number of carbonyl (C=O) groups excluding carboxylic acids is 2. The standard InChI is InChI=1S/C57H63N8O11P/c1-38(2)65(39(3)4)77(74-33-17-32-58)76-51-47(34-73-57(40-18-11-8-12-19-40,41-24-28-43(68-5)29-25-41)42-26-30-44(69-6)31-27-42)75-55(52(51)70-7)64-37-59-50-53(60-48(66)35-71-45-20-13-9-14-21-45)62-56(63-54(50)64)61-49(67)36-72-46-22-15-10-16-23-46/h8-16,18-31,37-39,47,51-52,55H,17,33-36H2,1-7H3,(H2,60,61,62,63,66,67)/t47-,51-,52-,55-,77?/m1/s1. The van der Waals surface area contributed by atoms with E-state index in [-0.39, 0.29) is 67.9 Å². The van der Waals surface area contributed by atoms with E-state index >= 15 is 0 Å². The first-order chi connectivity index (χ1) is 37.5. The average Bonchev–Trinajstić information content (AvgIpc) is 4.11. The zero-order valence-electron chi connectivity index (χ0n) is 44.0. The van der Waals surface area contributed by atoms with E-state index in [0.717, 1.165) is 16.7 Å². The van der Waals surface area contributed by atoms with Gasteiger partial charge in [0.15, 0.2) is 36.4 Å². The van der Waals surface area contributed by atoms with E-state index in [1.54, 1.807) is 74.4 Å². The molecule has 1 aliphatic heterocycles. The molecule has 0 bridgehead atoms. The Kier molecular flexibility index (Phi) is 19.2. The van der Waals surface area contributed by atoms with Crippen LogP contribution in [-0.2, 0) is 38.4 Å². The summed E-state index contributed by atoms with van der Waals surface area (Å²) in [4.78, 5) is 41.2. The van der Waals surface area contributed by atoms with Gasteiger partial charge in [0.05, 0.1) is 46.3 Å². The minimum atomic E-state index is -1.88. The molecule has 20 heteroatoms. The molecule has 2 amide bonds. The Morgan fingerprint density at radius 1 is 0.714 bits per heavy atom. The number of carbonyl (C=O) groups is 2. The quantitative estimate of drug-likeness (QED) is 0.0294. The van der Waals surface area contributed by atoms with Gasteiger partial charge < -0.3 is 47.5 Å². The van der Waals surface area contributed by atoms with E-state index in [1.807, 2.05) is 91.0 Å². The number of nitrogens with zero attached hydrogens (tertiary/aromatic N) is 6. The van der Waals surface area contributed by atoms with Gasteiger partial charge >= 0.3 is 0 Å². The molecule has 0 radical (unpaired) electrons. The Hall–Kier alpha value is -7.53. The number of anilines is 2. The Balaban J connectivity index is 1.22. The summed E-state index contributed by atoms with van der Waals surface area (Å²) in [5, 5.41) is 15.1. The highest BCUT2D eigenvalue weighted by molar-refractivity contribution is 7.44. The van der Waals surface area contributed by atoms with E-state index in [4.69, 9.17) is 52.2 Å². The van der Waals surface area contributed by atoms with Crippen LogP contribution < -0.4 is 29.6 Å². The highest BCUT2D eigenvalue weighted by Gasteiger charge is 2.51. The lowest BCUT2D eigenvalue weighted by Gasteiger charge is -2.39. The van der Waals surface area contributed by atoms with Crippen molar-refractivity contribution in [2.45, 2.75) is 76.3 Å². The third-order valence-electron chi connectivity index (χ3n) is 12.5. The van der Waals surface area contributed by atoms with Gasteiger partial charge in [-0.3, -0.25) is 19.5 Å². The molecule has 1 unspecified atom stereocenters. The van der Waals surface area contributed by atoms with E-state index in [9.17, 15) is 14.9 Å². The number of amides is 2. The molecule has 5 atom stereocenters. The first-order valence-electron chi connectivity index (χ1n) is 25.1. The van der Waals surface area contributed by atoms with Crippen molar-refractivity contribution in [3.8, 4) is 29.1 Å². The predicted molar refractivity (Wildman–Crippen MR) is 290 cm³/mol. The van der Waals surface area contributed by atoms with E-state index in [2.05, 4.69) is 54.1 Å². The van der Waals surface area contributed by atoms with Crippen molar-refractivity contribution in [1.82, 2.24) is 24.2 Å². The van der Waals surface area contributed by atoms with Crippen LogP contribution in [0.25, 0.3) is 11.2 Å². The van der Waals surface area contributed by atoms with Gasteiger partial charge in [-0.25, -0.2) is 9.65 Å². The maximum atomic E-state index is 13.6. The number of nitriles is 1. The number of nitrogens with one attached hydrogen (secondary N) is 2. The van der Waals surface area contributed by atoms with Crippen molar-refractivity contribution in [3.63, 3.8) is 0 Å². The molecule has 8 rings (SSSR count). The van der Waals surface area contributed by atoms with Crippen LogP contribution in [0.5, 0.6) is 23.0 Å². The van der Waals surface area contributed by atoms with E-state index in [1.165, 1.54) is 6.33 Å². The molecule has 0 aliphatic carbocycles. The molecule has 2 aromatic heterocycles. The predicted octanol–water partition coefficient (Wildman–Crippen LogP) is 9.46. The lowest BCUT2D eigenvalue weighted by molar-refractivity contribution is -0.118. The van der Waals surface area contributed by atoms with Gasteiger partial charge in [-0.2, -0.15) is 15.2 Å². The Morgan fingerprint density at radius 3 is 1.77 bits per heavy atom. The zero-order valence-corrected chi connectivity index (χ0v) is 44.9. The van der Waals surface area contributed by atoms with Crippen molar-refractivity contribution in [2.24, 2.45) is 0 Å². The van der Waals surface area contributed by atoms with Gasteiger partial charge in [0.1, 0.15) is 46.9 Å².